The van der Waals surface area contributed by atoms with Crippen molar-refractivity contribution in [2.75, 3.05) is 57.8 Å². The highest BCUT2D eigenvalue weighted by molar-refractivity contribution is 7.92. The first kappa shape index (κ1) is 50.6. The van der Waals surface area contributed by atoms with Gasteiger partial charge in [0.2, 0.25) is 5.75 Å². The number of H-pyrrole nitrogens is 1. The van der Waals surface area contributed by atoms with Gasteiger partial charge in [-0.1, -0.05) is 30.3 Å². The Labute approximate surface area is 389 Å². The van der Waals surface area contributed by atoms with Crippen molar-refractivity contribution in [3.63, 3.8) is 0 Å². The molecule has 0 unspecified atom stereocenters. The summed E-state index contributed by atoms with van der Waals surface area (Å²) >= 11 is 0. The fourth-order valence-corrected chi connectivity index (χ4v) is 6.68. The number of hydrogen-bond acceptors (Lipinski definition) is 27. The van der Waals surface area contributed by atoms with E-state index in [9.17, 15) is 18.0 Å². The molecule has 0 spiro atoms. The van der Waals surface area contributed by atoms with Crippen LogP contribution in [-0.4, -0.2) is 146 Å². The van der Waals surface area contributed by atoms with Crippen LogP contribution in [0.3, 0.4) is 0 Å². The van der Waals surface area contributed by atoms with Gasteiger partial charge in [0, 0.05) is 18.0 Å². The number of hydrogen-bond donors (Lipinski definition) is 5. The molecule has 366 valence electrons. The molecule has 0 saturated carbocycles. The van der Waals surface area contributed by atoms with Gasteiger partial charge in [0.1, 0.15) is 31.3 Å². The number of pyridine rings is 2. The number of sulfonamides is 1. The van der Waals surface area contributed by atoms with Gasteiger partial charge in [-0.05, 0) is 70.9 Å². The molecule has 2 aromatic carbocycles. The van der Waals surface area contributed by atoms with Crippen molar-refractivity contribution in [2.45, 2.75) is 18.6 Å². The van der Waals surface area contributed by atoms with Gasteiger partial charge in [0.05, 0.1) is 44.3 Å². The number of methoxy groups -OCH3 is 1. The van der Waals surface area contributed by atoms with E-state index < -0.39 is 75.5 Å². The maximum Gasteiger partial charge on any atom is 0.513 e. The Morgan fingerprint density at radius 1 is 0.783 bits per heavy atom. The molecule has 0 bridgehead atoms. The molecule has 0 atom stereocenters. The maximum atomic E-state index is 14.8. The van der Waals surface area contributed by atoms with E-state index in [1.165, 1.54) is 68.0 Å². The number of benzene rings is 2. The molecule has 5 N–H and O–H groups in total. The average molecular weight is 984 g/mol. The lowest BCUT2D eigenvalue weighted by Crippen LogP contribution is -2.36. The minimum absolute atomic E-state index is 0.00633. The number of rotatable bonds is 25. The summed E-state index contributed by atoms with van der Waals surface area (Å²) in [5.74, 6) is -1.40. The smallest absolute Gasteiger partial charge is 0.493 e. The predicted octanol–water partition coefficient (Wildman–Crippen LogP) is 3.66. The molecule has 69 heavy (non-hydrogen) atoms. The highest BCUT2D eigenvalue weighted by Gasteiger charge is 2.35. The predicted molar refractivity (Wildman–Crippen MR) is 224 cm³/mol. The summed E-state index contributed by atoms with van der Waals surface area (Å²) in [6, 6.07) is 17.8. The summed E-state index contributed by atoms with van der Waals surface area (Å²) in [5.41, 5.74) is 1.43. The molecule has 4 heterocycles. The molecule has 0 amide bonds. The van der Waals surface area contributed by atoms with Gasteiger partial charge in [0.15, 0.2) is 40.7 Å². The summed E-state index contributed by atoms with van der Waals surface area (Å²) < 4.78 is 74.1. The van der Waals surface area contributed by atoms with Crippen molar-refractivity contribution in [2.24, 2.45) is 0 Å². The Bertz CT molecular complexity index is 2720. The van der Waals surface area contributed by atoms with Crippen molar-refractivity contribution in [3.8, 4) is 51.8 Å². The molecule has 30 heteroatoms. The van der Waals surface area contributed by atoms with Crippen LogP contribution in [0.2, 0.25) is 0 Å². The summed E-state index contributed by atoms with van der Waals surface area (Å²) in [7, 11) is -3.53. The van der Waals surface area contributed by atoms with Crippen molar-refractivity contribution in [3.05, 3.63) is 96.3 Å². The zero-order chi connectivity index (χ0) is 49.2. The Hall–Kier alpha value is -7.78. The van der Waals surface area contributed by atoms with E-state index in [0.717, 1.165) is 0 Å². The lowest BCUT2D eigenvalue weighted by molar-refractivity contribution is -0.497. The largest absolute Gasteiger partial charge is 0.513 e. The quantitative estimate of drug-likeness (QED) is 0.0180. The number of ether oxygens (including phenoxy) is 8. The number of aromatic amines is 1. The highest BCUT2D eigenvalue weighted by Crippen LogP contribution is 2.44. The molecule has 0 aliphatic heterocycles. The van der Waals surface area contributed by atoms with Crippen LogP contribution >= 0.6 is 0 Å². The number of aromatic nitrogens is 8. The summed E-state index contributed by atoms with van der Waals surface area (Å²) in [6.07, 6.45) is 0.146. The maximum absolute atomic E-state index is 14.8. The Kier molecular flexibility index (Phi) is 18.2. The first-order valence-corrected chi connectivity index (χ1v) is 21.2. The molecule has 6 aromatic rings. The molecule has 0 fully saturated rings. The fourth-order valence-electron chi connectivity index (χ4n) is 5.48. The third-order valence-corrected chi connectivity index (χ3v) is 10.2. The monoisotopic (exact) mass is 983 g/mol. The number of nitrogens with one attached hydrogen (secondary N) is 1. The van der Waals surface area contributed by atoms with Crippen LogP contribution in [-0.2, 0) is 45.3 Å². The van der Waals surface area contributed by atoms with E-state index in [4.69, 9.17) is 58.7 Å². The number of aryl methyl sites for hydroxylation is 1. The van der Waals surface area contributed by atoms with Gasteiger partial charge in [-0.15, -0.1) is 5.10 Å². The zero-order valence-electron chi connectivity index (χ0n) is 36.1. The van der Waals surface area contributed by atoms with Crippen molar-refractivity contribution in [1.29, 1.82) is 0 Å². The van der Waals surface area contributed by atoms with Gasteiger partial charge < -0.3 is 37.9 Å². The third-order valence-electron chi connectivity index (χ3n) is 8.55. The van der Waals surface area contributed by atoms with E-state index >= 15 is 0 Å². The number of anilines is 1. The Morgan fingerprint density at radius 3 is 2.29 bits per heavy atom. The summed E-state index contributed by atoms with van der Waals surface area (Å²) in [5, 5.41) is 47.1. The van der Waals surface area contributed by atoms with Gasteiger partial charge in [-0.2, -0.15) is 13.4 Å². The van der Waals surface area contributed by atoms with Gasteiger partial charge in [-0.3, -0.25) is 25.8 Å². The number of nitrogens with zero attached hydrogens (tertiary/aromatic N) is 10. The van der Waals surface area contributed by atoms with Crippen LogP contribution in [0.15, 0.2) is 90.2 Å². The Balaban J connectivity index is 1.38. The van der Waals surface area contributed by atoms with Crippen molar-refractivity contribution < 1.29 is 86.4 Å². The third kappa shape index (κ3) is 14.9. The molecule has 6 rings (SSSR count). The van der Waals surface area contributed by atoms with Crippen molar-refractivity contribution >= 4 is 28.2 Å². The van der Waals surface area contributed by atoms with Gasteiger partial charge in [0.25, 0.3) is 15.9 Å². The van der Waals surface area contributed by atoms with Gasteiger partial charge in [-0.25, -0.2) is 38.6 Å². The molecule has 0 aliphatic carbocycles. The second kappa shape index (κ2) is 24.8. The number of tetrazole rings is 1. The van der Waals surface area contributed by atoms with Crippen LogP contribution in [0, 0.1) is 6.92 Å². The molecule has 0 aliphatic rings. The second-order valence-corrected chi connectivity index (χ2v) is 15.1. The summed E-state index contributed by atoms with van der Waals surface area (Å²) in [6.45, 7) is -1.67. The van der Waals surface area contributed by atoms with E-state index in [0.29, 0.717) is 15.4 Å². The number of para-hydroxylation sites is 2. The molecule has 0 saturated heterocycles. The molecule has 0 radical (unpaired) electrons. The second-order valence-electron chi connectivity index (χ2n) is 13.3. The average Bonchev–Trinajstić information content (AvgIpc) is 3.89. The first-order valence-electron chi connectivity index (χ1n) is 19.7. The summed E-state index contributed by atoms with van der Waals surface area (Å²) in [4.78, 5) is 52.4. The first-order chi connectivity index (χ1) is 33.3. The van der Waals surface area contributed by atoms with E-state index in [1.54, 1.807) is 31.2 Å². The molecular formula is C39H41N11O18S. The number of carbonyl (C=O) groups is 2. The Morgan fingerprint density at radius 2 is 1.55 bits per heavy atom. The molecule has 4 aromatic heterocycles. The van der Waals surface area contributed by atoms with Crippen LogP contribution in [0.1, 0.15) is 11.1 Å². The van der Waals surface area contributed by atoms with E-state index in [-0.39, 0.29) is 73.2 Å². The molecule has 29 nitrogen and oxygen atoms in total. The lowest BCUT2D eigenvalue weighted by Gasteiger charge is -2.26. The number of carbonyl (C=O) groups excluding carboxylic acids is 2. The van der Waals surface area contributed by atoms with Crippen LogP contribution in [0.5, 0.6) is 28.9 Å². The fraction of sp³-hybridized carbons (Fsp3) is 0.256. The van der Waals surface area contributed by atoms with Crippen LogP contribution in [0.25, 0.3) is 22.9 Å². The zero-order valence-corrected chi connectivity index (χ0v) is 36.9. The SMILES string of the molecule is COc1ccccc1Oc1c(OCCOC(=O)Oc2cccc(CON(O)O)c2)nc(-c2ccnc(-c3nnn[nH]3)c2)nc1N(COC(=O)OCCOCCON(O)O)S(=O)(=O)c1ccc(C)cn1. The topological polar surface area (TPSA) is 357 Å². The van der Waals surface area contributed by atoms with E-state index in [2.05, 4.69) is 50.2 Å². The normalized spacial score (nSPS) is 11.3. The van der Waals surface area contributed by atoms with E-state index in [1.807, 2.05) is 0 Å². The highest BCUT2D eigenvalue weighted by atomic mass is 32.2. The standard InChI is InChI=1S/C39H41N11O18S/c1-25-10-11-32(41-22-25)69(57,58)48(24-64-38(51)62-16-14-60-15-19-65-49(53)54)36-33(68-31-9-4-3-8-30(31)59-2)37(43-34(42-36)27-12-13-40-29(21-27)35-44-46-47-45-35)61-17-18-63-39(52)67-28-7-5-6-26(20-28)23-66-50(55)56/h3-13,20-22,53-56H,14-19,23-24H2,1-2H3,(H,44,45,46,47). The lowest BCUT2D eigenvalue weighted by atomic mass is 10.2. The van der Waals surface area contributed by atoms with Crippen LogP contribution in [0.4, 0.5) is 15.4 Å². The minimum atomic E-state index is -4.89. The minimum Gasteiger partial charge on any atom is -0.493 e. The van der Waals surface area contributed by atoms with Gasteiger partial charge >= 0.3 is 12.3 Å². The van der Waals surface area contributed by atoms with Crippen LogP contribution < -0.4 is 23.3 Å². The molecular weight excluding hydrogens is 943 g/mol. The van der Waals surface area contributed by atoms with Crippen molar-refractivity contribution in [1.82, 2.24) is 51.3 Å².